The Labute approximate surface area is 122 Å². The number of rotatable bonds is 5. The summed E-state index contributed by atoms with van der Waals surface area (Å²) in [5, 5.41) is 3.61. The predicted molar refractivity (Wildman–Crippen MR) is 85.0 cm³/mol. The molecule has 0 spiro atoms. The quantitative estimate of drug-likeness (QED) is 0.883. The molecule has 20 heavy (non-hydrogen) atoms. The Morgan fingerprint density at radius 3 is 2.50 bits per heavy atom. The molecule has 0 saturated carbocycles. The molecular formula is C18H24N2. The predicted octanol–water partition coefficient (Wildman–Crippen LogP) is 4.10. The summed E-state index contributed by atoms with van der Waals surface area (Å²) in [5.41, 5.74) is 6.31. The van der Waals surface area contributed by atoms with E-state index in [2.05, 4.69) is 62.3 Å². The van der Waals surface area contributed by atoms with Gasteiger partial charge in [-0.15, -0.1) is 0 Å². The highest BCUT2D eigenvalue weighted by molar-refractivity contribution is 5.36. The highest BCUT2D eigenvalue weighted by Gasteiger charge is 2.15. The van der Waals surface area contributed by atoms with E-state index >= 15 is 0 Å². The van der Waals surface area contributed by atoms with Crippen LogP contribution in [-0.4, -0.2) is 11.5 Å². The molecule has 0 fully saturated rings. The summed E-state index contributed by atoms with van der Waals surface area (Å²) in [6.07, 6.45) is 3.01. The first kappa shape index (κ1) is 14.7. The van der Waals surface area contributed by atoms with Crippen LogP contribution in [0, 0.1) is 20.8 Å². The summed E-state index contributed by atoms with van der Waals surface area (Å²) in [7, 11) is 0. The van der Waals surface area contributed by atoms with Crippen LogP contribution < -0.4 is 5.32 Å². The molecule has 0 aliphatic carbocycles. The van der Waals surface area contributed by atoms with Crippen LogP contribution in [0.4, 0.5) is 0 Å². The van der Waals surface area contributed by atoms with E-state index in [1.165, 1.54) is 22.3 Å². The monoisotopic (exact) mass is 268 g/mol. The topological polar surface area (TPSA) is 24.9 Å². The van der Waals surface area contributed by atoms with Crippen LogP contribution in [0.5, 0.6) is 0 Å². The third kappa shape index (κ3) is 3.45. The van der Waals surface area contributed by atoms with Crippen LogP contribution in [-0.2, 0) is 0 Å². The molecule has 1 heterocycles. The molecule has 1 aromatic carbocycles. The molecule has 1 aromatic heterocycles. The van der Waals surface area contributed by atoms with E-state index in [1.54, 1.807) is 0 Å². The van der Waals surface area contributed by atoms with Gasteiger partial charge in [0.05, 0.1) is 11.7 Å². The zero-order valence-electron chi connectivity index (χ0n) is 12.9. The molecule has 1 unspecified atom stereocenters. The molecule has 0 radical (unpaired) electrons. The number of benzene rings is 1. The van der Waals surface area contributed by atoms with Crippen LogP contribution >= 0.6 is 0 Å². The van der Waals surface area contributed by atoms with Crippen molar-refractivity contribution in [1.82, 2.24) is 10.3 Å². The second-order valence-electron chi connectivity index (χ2n) is 5.49. The summed E-state index contributed by atoms with van der Waals surface area (Å²) < 4.78 is 0. The number of nitrogens with one attached hydrogen (secondary N) is 1. The first-order valence-corrected chi connectivity index (χ1v) is 7.35. The Balaban J connectivity index is 2.38. The fraction of sp³-hybridized carbons (Fsp3) is 0.389. The summed E-state index contributed by atoms with van der Waals surface area (Å²) in [6.45, 7) is 9.61. The highest BCUT2D eigenvalue weighted by Crippen LogP contribution is 2.23. The van der Waals surface area contributed by atoms with E-state index in [-0.39, 0.29) is 6.04 Å². The number of hydrogen-bond donors (Lipinski definition) is 1. The van der Waals surface area contributed by atoms with Crippen molar-refractivity contribution in [2.45, 2.75) is 40.2 Å². The van der Waals surface area contributed by atoms with Gasteiger partial charge in [-0.2, -0.15) is 0 Å². The second kappa shape index (κ2) is 6.67. The lowest BCUT2D eigenvalue weighted by molar-refractivity contribution is 0.586. The second-order valence-corrected chi connectivity index (χ2v) is 5.49. The van der Waals surface area contributed by atoms with Gasteiger partial charge in [0.15, 0.2) is 0 Å². The molecule has 0 aliphatic rings. The van der Waals surface area contributed by atoms with Gasteiger partial charge in [-0.1, -0.05) is 25.1 Å². The molecule has 1 atom stereocenters. The van der Waals surface area contributed by atoms with Crippen molar-refractivity contribution in [3.05, 3.63) is 64.5 Å². The zero-order valence-corrected chi connectivity index (χ0v) is 12.9. The number of aryl methyl sites for hydroxylation is 3. The lowest BCUT2D eigenvalue weighted by Gasteiger charge is -2.20. The molecular weight excluding hydrogens is 244 g/mol. The number of pyridine rings is 1. The van der Waals surface area contributed by atoms with Crippen LogP contribution in [0.2, 0.25) is 0 Å². The first-order chi connectivity index (χ1) is 9.61. The minimum atomic E-state index is 0.175. The van der Waals surface area contributed by atoms with Gasteiger partial charge in [0, 0.05) is 6.20 Å². The lowest BCUT2D eigenvalue weighted by Crippen LogP contribution is -2.24. The SMILES string of the molecule is CCCNC(c1ccc(C)c(C)c1)c1cc(C)ccn1. The van der Waals surface area contributed by atoms with Crippen molar-refractivity contribution in [2.24, 2.45) is 0 Å². The average Bonchev–Trinajstić information content (AvgIpc) is 2.43. The maximum Gasteiger partial charge on any atom is 0.0751 e. The van der Waals surface area contributed by atoms with Gasteiger partial charge in [0.1, 0.15) is 0 Å². The van der Waals surface area contributed by atoms with Crippen molar-refractivity contribution in [1.29, 1.82) is 0 Å². The van der Waals surface area contributed by atoms with Crippen molar-refractivity contribution in [2.75, 3.05) is 6.54 Å². The fourth-order valence-corrected chi connectivity index (χ4v) is 2.34. The van der Waals surface area contributed by atoms with Gasteiger partial charge in [0.25, 0.3) is 0 Å². The normalized spacial score (nSPS) is 12.4. The van der Waals surface area contributed by atoms with Crippen molar-refractivity contribution < 1.29 is 0 Å². The summed E-state index contributed by atoms with van der Waals surface area (Å²) >= 11 is 0. The largest absolute Gasteiger partial charge is 0.305 e. The Morgan fingerprint density at radius 2 is 1.85 bits per heavy atom. The van der Waals surface area contributed by atoms with Gasteiger partial charge >= 0.3 is 0 Å². The van der Waals surface area contributed by atoms with E-state index in [0.717, 1.165) is 18.7 Å². The minimum Gasteiger partial charge on any atom is -0.305 e. The molecule has 106 valence electrons. The standard InChI is InChI=1S/C18H24N2/c1-5-9-20-18(17-11-13(2)8-10-19-17)16-7-6-14(3)15(4)12-16/h6-8,10-12,18,20H,5,9H2,1-4H3. The Bertz CT molecular complexity index is 575. The number of aromatic nitrogens is 1. The van der Waals surface area contributed by atoms with Crippen molar-refractivity contribution in [3.8, 4) is 0 Å². The zero-order chi connectivity index (χ0) is 14.5. The molecule has 2 rings (SSSR count). The first-order valence-electron chi connectivity index (χ1n) is 7.35. The minimum absolute atomic E-state index is 0.175. The third-order valence-corrected chi connectivity index (χ3v) is 3.70. The molecule has 0 amide bonds. The fourth-order valence-electron chi connectivity index (χ4n) is 2.34. The Morgan fingerprint density at radius 1 is 1.05 bits per heavy atom. The Hall–Kier alpha value is -1.67. The Kier molecular flexibility index (Phi) is 4.91. The van der Waals surface area contributed by atoms with Crippen LogP contribution in [0.25, 0.3) is 0 Å². The van der Waals surface area contributed by atoms with Crippen LogP contribution in [0.3, 0.4) is 0 Å². The summed E-state index contributed by atoms with van der Waals surface area (Å²) in [6, 6.07) is 11.1. The summed E-state index contributed by atoms with van der Waals surface area (Å²) in [4.78, 5) is 4.56. The lowest BCUT2D eigenvalue weighted by atomic mass is 9.98. The van der Waals surface area contributed by atoms with E-state index in [9.17, 15) is 0 Å². The van der Waals surface area contributed by atoms with E-state index < -0.39 is 0 Å². The van der Waals surface area contributed by atoms with Crippen molar-refractivity contribution in [3.63, 3.8) is 0 Å². The smallest absolute Gasteiger partial charge is 0.0751 e. The molecule has 2 nitrogen and oxygen atoms in total. The van der Waals surface area contributed by atoms with Crippen LogP contribution in [0.1, 0.15) is 47.3 Å². The highest BCUT2D eigenvalue weighted by atomic mass is 14.9. The van der Waals surface area contributed by atoms with Gasteiger partial charge < -0.3 is 5.32 Å². The van der Waals surface area contributed by atoms with Gasteiger partial charge in [-0.3, -0.25) is 4.98 Å². The average molecular weight is 268 g/mol. The maximum absolute atomic E-state index is 4.56. The molecule has 1 N–H and O–H groups in total. The van der Waals surface area contributed by atoms with Crippen molar-refractivity contribution >= 4 is 0 Å². The maximum atomic E-state index is 4.56. The van der Waals surface area contributed by atoms with E-state index in [4.69, 9.17) is 0 Å². The number of nitrogens with zero attached hydrogens (tertiary/aromatic N) is 1. The molecule has 2 heteroatoms. The van der Waals surface area contributed by atoms with Gasteiger partial charge in [-0.25, -0.2) is 0 Å². The van der Waals surface area contributed by atoms with Gasteiger partial charge in [0.2, 0.25) is 0 Å². The van der Waals surface area contributed by atoms with E-state index in [1.807, 2.05) is 12.3 Å². The molecule has 2 aromatic rings. The summed E-state index contributed by atoms with van der Waals surface area (Å²) in [5.74, 6) is 0. The van der Waals surface area contributed by atoms with Gasteiger partial charge in [-0.05, 0) is 68.1 Å². The molecule has 0 saturated heterocycles. The molecule has 0 aliphatic heterocycles. The molecule has 0 bridgehead atoms. The third-order valence-electron chi connectivity index (χ3n) is 3.70. The number of hydrogen-bond acceptors (Lipinski definition) is 2. The van der Waals surface area contributed by atoms with E-state index in [0.29, 0.717) is 0 Å². The van der Waals surface area contributed by atoms with Crippen LogP contribution in [0.15, 0.2) is 36.5 Å².